The monoisotopic (exact) mass is 620 g/mol. The maximum atomic E-state index is 3.92. The third-order valence-corrected chi connectivity index (χ3v) is 9.67. The molecule has 4 heteroatoms. The van der Waals surface area contributed by atoms with Gasteiger partial charge in [-0.15, -0.1) is 0 Å². The molecule has 7 aromatic rings. The topological polar surface area (TPSA) is 33.9 Å². The lowest BCUT2D eigenvalue weighted by atomic mass is 10.1. The first kappa shape index (κ1) is 28.2. The lowest BCUT2D eigenvalue weighted by molar-refractivity contribution is 0.653. The highest BCUT2D eigenvalue weighted by atomic mass is 15.2. The molecule has 1 unspecified atom stereocenters. The molecule has 0 bridgehead atoms. The summed E-state index contributed by atoms with van der Waals surface area (Å²) in [7, 11) is 0. The number of nitrogens with zero attached hydrogens (tertiary/aromatic N) is 2. The zero-order chi connectivity index (χ0) is 31.9. The maximum absolute atomic E-state index is 3.92. The average Bonchev–Trinajstić information content (AvgIpc) is 3.84. The summed E-state index contributed by atoms with van der Waals surface area (Å²) in [6.07, 6.45) is 15.4. The standard InChI is InChI=1S/C44H36N4/c1-4-14-31(15-5-1)26-29-39(32-16-6-2-7-17-32)45-30-33-18-12-25-42(46-33)48-41-24-13-22-36(41)38-28-27-37-35-21-10-11-23-40(35)47(43(37)44(38)48)34-19-8-3-9-20-34/h1-21,23-25,27-29,33,45-46H,22,26,30H2/b39-29-. The quantitative estimate of drug-likeness (QED) is 0.177. The second-order valence-corrected chi connectivity index (χ2v) is 12.6. The smallest absolute Gasteiger partial charge is 0.111 e. The number of para-hydroxylation sites is 2. The van der Waals surface area contributed by atoms with Gasteiger partial charge in [0.15, 0.2) is 0 Å². The van der Waals surface area contributed by atoms with Crippen LogP contribution in [-0.4, -0.2) is 21.7 Å². The van der Waals surface area contributed by atoms with Gasteiger partial charge in [-0.05, 0) is 59.9 Å². The molecule has 0 radical (unpaired) electrons. The first-order chi connectivity index (χ1) is 23.8. The van der Waals surface area contributed by atoms with Gasteiger partial charge in [0.1, 0.15) is 5.82 Å². The molecular formula is C44H36N4. The third-order valence-electron chi connectivity index (χ3n) is 9.67. The molecule has 48 heavy (non-hydrogen) atoms. The first-order valence-electron chi connectivity index (χ1n) is 16.8. The SMILES string of the molecule is C1=CC(CN/C(=C\Cc2ccccc2)c2ccccc2)NC(n2c3c(c4ccc5c6ccccc6n(-c6ccccc6)c5c42)CC=C3)=C1. The number of fused-ring (bicyclic) bond motifs is 7. The highest BCUT2D eigenvalue weighted by Crippen LogP contribution is 2.42. The van der Waals surface area contributed by atoms with E-state index in [9.17, 15) is 0 Å². The molecule has 1 aliphatic carbocycles. The summed E-state index contributed by atoms with van der Waals surface area (Å²) >= 11 is 0. The van der Waals surface area contributed by atoms with Gasteiger partial charge in [-0.3, -0.25) is 4.57 Å². The summed E-state index contributed by atoms with van der Waals surface area (Å²) in [5.41, 5.74) is 11.2. The minimum absolute atomic E-state index is 0.103. The Morgan fingerprint density at radius 3 is 2.27 bits per heavy atom. The van der Waals surface area contributed by atoms with Gasteiger partial charge in [-0.1, -0.05) is 133 Å². The van der Waals surface area contributed by atoms with Crippen LogP contribution >= 0.6 is 0 Å². The van der Waals surface area contributed by atoms with Crippen LogP contribution in [-0.2, 0) is 12.8 Å². The van der Waals surface area contributed by atoms with E-state index in [-0.39, 0.29) is 6.04 Å². The van der Waals surface area contributed by atoms with E-state index in [0.717, 1.165) is 30.9 Å². The van der Waals surface area contributed by atoms with Crippen LogP contribution < -0.4 is 10.6 Å². The van der Waals surface area contributed by atoms with Crippen molar-refractivity contribution in [1.82, 2.24) is 19.8 Å². The summed E-state index contributed by atoms with van der Waals surface area (Å²) in [5, 5.41) is 11.6. The number of aromatic nitrogens is 2. The second-order valence-electron chi connectivity index (χ2n) is 12.6. The van der Waals surface area contributed by atoms with Crippen LogP contribution in [0.3, 0.4) is 0 Å². The molecule has 0 amide bonds. The van der Waals surface area contributed by atoms with Crippen molar-refractivity contribution in [1.29, 1.82) is 0 Å². The fraction of sp³-hybridized carbons (Fsp3) is 0.0909. The Hall–Kier alpha value is -6.00. The summed E-state index contributed by atoms with van der Waals surface area (Å²) < 4.78 is 4.92. The molecular weight excluding hydrogens is 585 g/mol. The number of benzene rings is 5. The minimum Gasteiger partial charge on any atom is -0.382 e. The van der Waals surface area contributed by atoms with E-state index in [1.54, 1.807) is 0 Å². The minimum atomic E-state index is 0.103. The molecule has 2 aliphatic rings. The van der Waals surface area contributed by atoms with E-state index in [2.05, 4.69) is 184 Å². The molecule has 9 rings (SSSR count). The van der Waals surface area contributed by atoms with Gasteiger partial charge in [0.2, 0.25) is 0 Å². The fourth-order valence-electron chi connectivity index (χ4n) is 7.47. The van der Waals surface area contributed by atoms with Crippen molar-refractivity contribution in [3.05, 3.63) is 180 Å². The normalized spacial score (nSPS) is 15.6. The van der Waals surface area contributed by atoms with Gasteiger partial charge in [0.25, 0.3) is 0 Å². The maximum Gasteiger partial charge on any atom is 0.111 e. The van der Waals surface area contributed by atoms with Gasteiger partial charge in [0.05, 0.1) is 28.3 Å². The van der Waals surface area contributed by atoms with Gasteiger partial charge in [0, 0.05) is 34.1 Å². The fourth-order valence-corrected chi connectivity index (χ4v) is 7.47. The first-order valence-corrected chi connectivity index (χ1v) is 16.8. The van der Waals surface area contributed by atoms with Crippen molar-refractivity contribution in [2.45, 2.75) is 18.9 Å². The average molecular weight is 621 g/mol. The number of hydrogen-bond donors (Lipinski definition) is 2. The summed E-state index contributed by atoms with van der Waals surface area (Å²) in [4.78, 5) is 0. The Balaban J connectivity index is 1.11. The number of nitrogens with one attached hydrogen (secondary N) is 2. The van der Waals surface area contributed by atoms with Crippen molar-refractivity contribution in [3.8, 4) is 5.69 Å². The molecule has 4 nitrogen and oxygen atoms in total. The van der Waals surface area contributed by atoms with E-state index in [1.165, 1.54) is 60.8 Å². The van der Waals surface area contributed by atoms with E-state index in [0.29, 0.717) is 0 Å². The van der Waals surface area contributed by atoms with E-state index in [1.807, 2.05) is 0 Å². The van der Waals surface area contributed by atoms with Gasteiger partial charge in [-0.2, -0.15) is 0 Å². The highest BCUT2D eigenvalue weighted by Gasteiger charge is 2.26. The lowest BCUT2D eigenvalue weighted by Gasteiger charge is -2.25. The van der Waals surface area contributed by atoms with Crippen LogP contribution in [0, 0.1) is 0 Å². The van der Waals surface area contributed by atoms with Crippen LogP contribution in [0.15, 0.2) is 158 Å². The molecule has 5 aromatic carbocycles. The van der Waals surface area contributed by atoms with E-state index < -0.39 is 0 Å². The Morgan fingerprint density at radius 2 is 1.44 bits per heavy atom. The van der Waals surface area contributed by atoms with Crippen LogP contribution in [0.4, 0.5) is 0 Å². The Kier molecular flexibility index (Phi) is 7.05. The van der Waals surface area contributed by atoms with Crippen molar-refractivity contribution in [3.63, 3.8) is 0 Å². The highest BCUT2D eigenvalue weighted by molar-refractivity contribution is 6.19. The number of allylic oxidation sites excluding steroid dienone is 4. The molecule has 232 valence electrons. The van der Waals surface area contributed by atoms with Gasteiger partial charge < -0.3 is 15.2 Å². The van der Waals surface area contributed by atoms with Crippen LogP contribution in [0.5, 0.6) is 0 Å². The van der Waals surface area contributed by atoms with Crippen molar-refractivity contribution >= 4 is 50.3 Å². The molecule has 0 saturated heterocycles. The van der Waals surface area contributed by atoms with Crippen molar-refractivity contribution < 1.29 is 0 Å². The van der Waals surface area contributed by atoms with Crippen LogP contribution in [0.1, 0.15) is 22.4 Å². The van der Waals surface area contributed by atoms with E-state index in [4.69, 9.17) is 0 Å². The van der Waals surface area contributed by atoms with Crippen molar-refractivity contribution in [2.75, 3.05) is 6.54 Å². The van der Waals surface area contributed by atoms with Crippen LogP contribution in [0.25, 0.3) is 56.0 Å². The predicted octanol–water partition coefficient (Wildman–Crippen LogP) is 9.51. The molecule has 0 saturated carbocycles. The van der Waals surface area contributed by atoms with Crippen LogP contribution in [0.2, 0.25) is 0 Å². The molecule has 0 fully saturated rings. The Labute approximate surface area is 280 Å². The Bertz CT molecular complexity index is 2400. The molecule has 1 aliphatic heterocycles. The van der Waals surface area contributed by atoms with Gasteiger partial charge >= 0.3 is 0 Å². The zero-order valence-corrected chi connectivity index (χ0v) is 26.7. The van der Waals surface area contributed by atoms with Gasteiger partial charge in [-0.25, -0.2) is 0 Å². The molecule has 0 spiro atoms. The Morgan fingerprint density at radius 1 is 0.729 bits per heavy atom. The number of hydrogen-bond acceptors (Lipinski definition) is 2. The lowest BCUT2D eigenvalue weighted by Crippen LogP contribution is -2.38. The van der Waals surface area contributed by atoms with Crippen molar-refractivity contribution in [2.24, 2.45) is 0 Å². The zero-order valence-electron chi connectivity index (χ0n) is 26.7. The molecule has 3 heterocycles. The summed E-state index contributed by atoms with van der Waals surface area (Å²) in [5.74, 6) is 1.09. The third kappa shape index (κ3) is 4.85. The molecule has 2 aromatic heterocycles. The predicted molar refractivity (Wildman–Crippen MR) is 202 cm³/mol. The second kappa shape index (κ2) is 12.0. The number of dihydropyridines is 1. The largest absolute Gasteiger partial charge is 0.382 e. The molecule has 1 atom stereocenters. The summed E-state index contributed by atoms with van der Waals surface area (Å²) in [6.45, 7) is 0.750. The summed E-state index contributed by atoms with van der Waals surface area (Å²) in [6, 6.07) is 45.6. The number of rotatable bonds is 8. The van der Waals surface area contributed by atoms with E-state index >= 15 is 0 Å². The molecule has 2 N–H and O–H groups in total.